The van der Waals surface area contributed by atoms with Crippen molar-refractivity contribution in [3.63, 3.8) is 0 Å². The Hall–Kier alpha value is -4.41. The van der Waals surface area contributed by atoms with Gasteiger partial charge in [-0.05, 0) is 38.1 Å². The summed E-state index contributed by atoms with van der Waals surface area (Å²) >= 11 is 0. The summed E-state index contributed by atoms with van der Waals surface area (Å²) < 4.78 is 42.8. The van der Waals surface area contributed by atoms with Crippen molar-refractivity contribution >= 4 is 11.6 Å². The minimum atomic E-state index is -4.67. The molecule has 174 valence electrons. The zero-order valence-corrected chi connectivity index (χ0v) is 18.0. The van der Waals surface area contributed by atoms with Gasteiger partial charge in [-0.1, -0.05) is 24.3 Å². The minimum absolute atomic E-state index is 0.119. The second-order valence-corrected chi connectivity index (χ2v) is 7.47. The van der Waals surface area contributed by atoms with Crippen LogP contribution >= 0.6 is 0 Å². The molecular weight excluding hydrogens is 451 g/mol. The fraction of sp³-hybridized carbons (Fsp3) is 0.130. The average Bonchev–Trinajstić information content (AvgIpc) is 3.11. The number of amides is 1. The molecule has 0 bridgehead atoms. The molecule has 1 amide bonds. The van der Waals surface area contributed by atoms with Crippen LogP contribution in [0.2, 0.25) is 0 Å². The molecule has 2 aromatic heterocycles. The second kappa shape index (κ2) is 8.50. The fourth-order valence-corrected chi connectivity index (χ4v) is 3.56. The number of halogens is 3. The summed E-state index contributed by atoms with van der Waals surface area (Å²) in [5.74, 6) is -0.933. The predicted octanol–water partition coefficient (Wildman–Crippen LogP) is 3.60. The lowest BCUT2D eigenvalue weighted by Gasteiger charge is -2.17. The zero-order chi connectivity index (χ0) is 24.6. The molecule has 4 rings (SSSR count). The predicted molar refractivity (Wildman–Crippen MR) is 119 cm³/mol. The van der Waals surface area contributed by atoms with Gasteiger partial charge in [-0.3, -0.25) is 14.2 Å². The Kier molecular flexibility index (Phi) is 5.70. The Balaban J connectivity index is 1.79. The van der Waals surface area contributed by atoms with Gasteiger partial charge in [0.2, 0.25) is 5.43 Å². The number of carbonyl (C=O) groups excluding carboxylic acids is 1. The maximum atomic E-state index is 13.5. The van der Waals surface area contributed by atoms with Crippen LogP contribution in [0.1, 0.15) is 27.4 Å². The number of H-pyrrole nitrogens is 1. The molecule has 2 heterocycles. The molecule has 2 aromatic carbocycles. The van der Waals surface area contributed by atoms with E-state index in [0.717, 1.165) is 16.8 Å². The van der Waals surface area contributed by atoms with Gasteiger partial charge in [-0.15, -0.1) is 0 Å². The summed E-state index contributed by atoms with van der Waals surface area (Å²) in [5, 5.41) is 6.50. The Morgan fingerprint density at radius 3 is 2.26 bits per heavy atom. The molecule has 0 saturated carbocycles. The molecule has 0 aliphatic carbocycles. The van der Waals surface area contributed by atoms with Crippen LogP contribution < -0.4 is 16.4 Å². The van der Waals surface area contributed by atoms with Crippen molar-refractivity contribution in [3.05, 3.63) is 104 Å². The molecule has 0 aliphatic heterocycles. The molecule has 0 saturated heterocycles. The molecule has 4 aromatic rings. The molecule has 2 N–H and O–H groups in total. The van der Waals surface area contributed by atoms with Crippen molar-refractivity contribution in [1.29, 1.82) is 0 Å². The molecule has 0 fully saturated rings. The van der Waals surface area contributed by atoms with Crippen molar-refractivity contribution in [2.75, 3.05) is 5.32 Å². The van der Waals surface area contributed by atoms with Gasteiger partial charge in [0.25, 0.3) is 5.91 Å². The summed E-state index contributed by atoms with van der Waals surface area (Å²) in [7, 11) is 0. The Bertz CT molecular complexity index is 1520. The highest BCUT2D eigenvalue weighted by molar-refractivity contribution is 6.03. The highest BCUT2D eigenvalue weighted by Crippen LogP contribution is 2.33. The number of aryl methyl sites for hydroxylation is 2. The van der Waals surface area contributed by atoms with E-state index in [2.05, 4.69) is 15.4 Å². The van der Waals surface area contributed by atoms with Crippen LogP contribution in [0.5, 0.6) is 0 Å². The number of aromatic nitrogens is 4. The third-order valence-electron chi connectivity index (χ3n) is 5.11. The van der Waals surface area contributed by atoms with Crippen molar-refractivity contribution in [2.45, 2.75) is 20.0 Å². The van der Waals surface area contributed by atoms with Gasteiger partial charge in [0.1, 0.15) is 0 Å². The minimum Gasteiger partial charge on any atom is -0.319 e. The number of nitrogens with one attached hydrogen (secondary N) is 2. The molecule has 34 heavy (non-hydrogen) atoms. The van der Waals surface area contributed by atoms with Crippen LogP contribution in [0.25, 0.3) is 11.4 Å². The first-order valence-corrected chi connectivity index (χ1v) is 10.0. The van der Waals surface area contributed by atoms with E-state index in [1.165, 1.54) is 42.0 Å². The quantitative estimate of drug-likeness (QED) is 0.477. The average molecular weight is 469 g/mol. The molecule has 11 heteroatoms. The van der Waals surface area contributed by atoms with Crippen LogP contribution in [0.3, 0.4) is 0 Å². The number of imidazole rings is 1. The Labute approximate surface area is 190 Å². The highest BCUT2D eigenvalue weighted by Gasteiger charge is 2.34. The molecule has 0 aliphatic rings. The number of para-hydroxylation sites is 3. The lowest BCUT2D eigenvalue weighted by Crippen LogP contribution is -2.28. The maximum absolute atomic E-state index is 13.5. The summed E-state index contributed by atoms with van der Waals surface area (Å²) in [6.07, 6.45) is -3.17. The first kappa shape index (κ1) is 22.8. The third-order valence-corrected chi connectivity index (χ3v) is 5.11. The van der Waals surface area contributed by atoms with Gasteiger partial charge >= 0.3 is 11.9 Å². The number of aromatic amines is 1. The fourth-order valence-electron chi connectivity index (χ4n) is 3.56. The van der Waals surface area contributed by atoms with Gasteiger partial charge in [0.05, 0.1) is 22.6 Å². The molecule has 0 atom stereocenters. The van der Waals surface area contributed by atoms with Gasteiger partial charge < -0.3 is 10.3 Å². The topological polar surface area (TPSA) is 102 Å². The van der Waals surface area contributed by atoms with Gasteiger partial charge in [-0.2, -0.15) is 18.3 Å². The SMILES string of the molecule is Cc1cc(=O)c(C(=O)Nc2ccccc2-n2c(C)c[nH]c2=O)nn1-c1ccccc1C(F)(F)F. The van der Waals surface area contributed by atoms with Gasteiger partial charge in [0.15, 0.2) is 5.69 Å². The summed E-state index contributed by atoms with van der Waals surface area (Å²) in [4.78, 5) is 40.3. The van der Waals surface area contributed by atoms with Gasteiger partial charge in [-0.25, -0.2) is 9.48 Å². The van der Waals surface area contributed by atoms with Crippen molar-refractivity contribution in [1.82, 2.24) is 19.3 Å². The number of anilines is 1. The number of rotatable bonds is 4. The number of hydrogen-bond acceptors (Lipinski definition) is 4. The van der Waals surface area contributed by atoms with E-state index in [1.54, 1.807) is 25.1 Å². The monoisotopic (exact) mass is 469 g/mol. The van der Waals surface area contributed by atoms with E-state index in [0.29, 0.717) is 11.4 Å². The molecule has 8 nitrogen and oxygen atoms in total. The number of benzene rings is 2. The number of hydrogen-bond donors (Lipinski definition) is 2. The Morgan fingerprint density at radius 2 is 1.62 bits per heavy atom. The van der Waals surface area contributed by atoms with E-state index in [9.17, 15) is 27.6 Å². The van der Waals surface area contributed by atoms with Crippen LogP contribution in [-0.2, 0) is 6.18 Å². The first-order valence-electron chi connectivity index (χ1n) is 10.0. The first-order chi connectivity index (χ1) is 16.1. The lowest BCUT2D eigenvalue weighted by molar-refractivity contribution is -0.137. The zero-order valence-electron chi connectivity index (χ0n) is 18.0. The summed E-state index contributed by atoms with van der Waals surface area (Å²) in [6.45, 7) is 3.11. The van der Waals surface area contributed by atoms with Crippen LogP contribution in [-0.4, -0.2) is 25.2 Å². The second-order valence-electron chi connectivity index (χ2n) is 7.47. The summed E-state index contributed by atoms with van der Waals surface area (Å²) in [6, 6.07) is 12.2. The van der Waals surface area contributed by atoms with E-state index in [-0.39, 0.29) is 17.1 Å². The molecule has 0 radical (unpaired) electrons. The lowest BCUT2D eigenvalue weighted by atomic mass is 10.1. The van der Waals surface area contributed by atoms with Crippen LogP contribution in [0, 0.1) is 13.8 Å². The van der Waals surface area contributed by atoms with Crippen molar-refractivity contribution in [2.24, 2.45) is 0 Å². The normalized spacial score (nSPS) is 11.4. The number of alkyl halides is 3. The largest absolute Gasteiger partial charge is 0.418 e. The van der Waals surface area contributed by atoms with Crippen molar-refractivity contribution in [3.8, 4) is 11.4 Å². The maximum Gasteiger partial charge on any atom is 0.418 e. The van der Waals surface area contributed by atoms with Gasteiger partial charge in [0, 0.05) is 23.7 Å². The summed E-state index contributed by atoms with van der Waals surface area (Å²) in [5.41, 5.74) is -1.84. The Morgan fingerprint density at radius 1 is 0.971 bits per heavy atom. The smallest absolute Gasteiger partial charge is 0.319 e. The van der Waals surface area contributed by atoms with Crippen LogP contribution in [0.15, 0.2) is 70.4 Å². The van der Waals surface area contributed by atoms with E-state index < -0.39 is 34.5 Å². The third kappa shape index (κ3) is 4.15. The van der Waals surface area contributed by atoms with E-state index in [4.69, 9.17) is 0 Å². The highest BCUT2D eigenvalue weighted by atomic mass is 19.4. The van der Waals surface area contributed by atoms with Crippen LogP contribution in [0.4, 0.5) is 18.9 Å². The number of carbonyl (C=O) groups is 1. The number of nitrogens with zero attached hydrogens (tertiary/aromatic N) is 3. The molecule has 0 spiro atoms. The molecule has 0 unspecified atom stereocenters. The van der Waals surface area contributed by atoms with Crippen molar-refractivity contribution < 1.29 is 18.0 Å². The van der Waals surface area contributed by atoms with E-state index >= 15 is 0 Å². The standard InChI is InChI=1S/C23H18F3N5O3/c1-13-11-19(32)20(29-31(13)17-9-5-3-7-15(17)23(24,25)26)21(33)28-16-8-4-6-10-18(16)30-14(2)12-27-22(30)34/h3-12H,1-2H3,(H,27,34)(H,28,33). The molecular formula is C23H18F3N5O3. The van der Waals surface area contributed by atoms with E-state index in [1.807, 2.05) is 0 Å².